The molecule has 3 aromatic rings. The number of nitrogens with zero attached hydrogens (tertiary/aromatic N) is 2. The number of amides is 1. The number of aromatic nitrogens is 2. The molecule has 1 atom stereocenters. The summed E-state index contributed by atoms with van der Waals surface area (Å²) in [6.45, 7) is 5.92. The van der Waals surface area contributed by atoms with Crippen molar-refractivity contribution in [2.24, 2.45) is 0 Å². The van der Waals surface area contributed by atoms with Crippen molar-refractivity contribution in [3.8, 4) is 17.1 Å². The van der Waals surface area contributed by atoms with Gasteiger partial charge in [0.1, 0.15) is 5.75 Å². The van der Waals surface area contributed by atoms with E-state index in [2.05, 4.69) is 15.3 Å². The summed E-state index contributed by atoms with van der Waals surface area (Å²) in [5.74, 6) is 1.21. The summed E-state index contributed by atoms with van der Waals surface area (Å²) in [6, 6.07) is 17.3. The Balaban J connectivity index is 1.64. The van der Waals surface area contributed by atoms with Gasteiger partial charge in [-0.2, -0.15) is 0 Å². The lowest BCUT2D eigenvalue weighted by Crippen LogP contribution is -2.26. The number of carbonyl (C=O) groups excluding carboxylic acids is 1. The molecular formula is C22H23N3O2. The van der Waals surface area contributed by atoms with Gasteiger partial charge in [0.05, 0.1) is 17.7 Å². The van der Waals surface area contributed by atoms with Crippen LogP contribution in [0.5, 0.6) is 5.75 Å². The molecular weight excluding hydrogens is 338 g/mol. The van der Waals surface area contributed by atoms with Crippen molar-refractivity contribution in [1.82, 2.24) is 15.3 Å². The first kappa shape index (κ1) is 18.6. The van der Waals surface area contributed by atoms with Crippen molar-refractivity contribution in [1.29, 1.82) is 0 Å². The number of nitrogens with one attached hydrogen (secondary N) is 1. The van der Waals surface area contributed by atoms with Gasteiger partial charge in [-0.3, -0.25) is 4.79 Å². The molecule has 1 aromatic heterocycles. The molecule has 5 nitrogen and oxygen atoms in total. The lowest BCUT2D eigenvalue weighted by atomic mass is 10.1. The smallest absolute Gasteiger partial charge is 0.254 e. The Kier molecular flexibility index (Phi) is 5.81. The van der Waals surface area contributed by atoms with E-state index in [-0.39, 0.29) is 18.1 Å². The quantitative estimate of drug-likeness (QED) is 0.706. The number of hydrogen-bond acceptors (Lipinski definition) is 4. The van der Waals surface area contributed by atoms with Crippen molar-refractivity contribution in [3.05, 3.63) is 78.1 Å². The fourth-order valence-electron chi connectivity index (χ4n) is 2.65. The average Bonchev–Trinajstić information content (AvgIpc) is 2.69. The fraction of sp³-hybridized carbons (Fsp3) is 0.227. The van der Waals surface area contributed by atoms with Crippen LogP contribution in [0.1, 0.15) is 42.7 Å². The summed E-state index contributed by atoms with van der Waals surface area (Å²) >= 11 is 0. The van der Waals surface area contributed by atoms with E-state index in [1.807, 2.05) is 75.4 Å². The van der Waals surface area contributed by atoms with Crippen molar-refractivity contribution < 1.29 is 9.53 Å². The Labute approximate surface area is 159 Å². The maximum Gasteiger partial charge on any atom is 0.254 e. The first-order chi connectivity index (χ1) is 13.0. The van der Waals surface area contributed by atoms with Gasteiger partial charge >= 0.3 is 0 Å². The highest BCUT2D eigenvalue weighted by atomic mass is 16.5. The van der Waals surface area contributed by atoms with Crippen LogP contribution in [0.15, 0.2) is 67.0 Å². The average molecular weight is 361 g/mol. The maximum absolute atomic E-state index is 12.5. The minimum atomic E-state index is -0.204. The molecule has 0 aliphatic carbocycles. The summed E-state index contributed by atoms with van der Waals surface area (Å²) in [4.78, 5) is 21.1. The number of carbonyl (C=O) groups is 1. The number of rotatable bonds is 6. The molecule has 0 radical (unpaired) electrons. The molecule has 138 valence electrons. The minimum absolute atomic E-state index is 0.131. The highest BCUT2D eigenvalue weighted by Gasteiger charge is 2.13. The van der Waals surface area contributed by atoms with E-state index in [1.165, 1.54) is 0 Å². The summed E-state index contributed by atoms with van der Waals surface area (Å²) in [5.41, 5.74) is 2.35. The topological polar surface area (TPSA) is 64.1 Å². The van der Waals surface area contributed by atoms with E-state index in [9.17, 15) is 4.79 Å². The highest BCUT2D eigenvalue weighted by Crippen LogP contribution is 2.19. The van der Waals surface area contributed by atoms with E-state index in [1.54, 1.807) is 12.4 Å². The van der Waals surface area contributed by atoms with Crippen molar-refractivity contribution >= 4 is 5.91 Å². The Morgan fingerprint density at radius 1 is 0.926 bits per heavy atom. The van der Waals surface area contributed by atoms with Crippen LogP contribution in [0.4, 0.5) is 0 Å². The van der Waals surface area contributed by atoms with E-state index in [0.717, 1.165) is 16.9 Å². The normalized spacial score (nSPS) is 11.9. The SMILES string of the molecule is CC(C)Oc1ccc(C(C)NC(=O)c2cnc(-c3ccccc3)nc2)cc1. The van der Waals surface area contributed by atoms with Crippen LogP contribution in [0.25, 0.3) is 11.4 Å². The Hall–Kier alpha value is -3.21. The number of ether oxygens (including phenoxy) is 1. The summed E-state index contributed by atoms with van der Waals surface area (Å²) < 4.78 is 5.64. The zero-order chi connectivity index (χ0) is 19.2. The van der Waals surface area contributed by atoms with Gasteiger partial charge in [-0.25, -0.2) is 9.97 Å². The van der Waals surface area contributed by atoms with Gasteiger partial charge in [0.2, 0.25) is 0 Å². The molecule has 0 aliphatic rings. The first-order valence-electron chi connectivity index (χ1n) is 8.98. The molecule has 5 heteroatoms. The standard InChI is InChI=1S/C22H23N3O2/c1-15(2)27-20-11-9-17(10-12-20)16(3)25-22(26)19-13-23-21(24-14-19)18-7-5-4-6-8-18/h4-16H,1-3H3,(H,25,26). The predicted molar refractivity (Wildman–Crippen MR) is 106 cm³/mol. The lowest BCUT2D eigenvalue weighted by molar-refractivity contribution is 0.0939. The molecule has 0 saturated carbocycles. The monoisotopic (exact) mass is 361 g/mol. The molecule has 1 amide bonds. The molecule has 3 rings (SSSR count). The van der Waals surface area contributed by atoms with Crippen molar-refractivity contribution in [3.63, 3.8) is 0 Å². The molecule has 2 aromatic carbocycles. The van der Waals surface area contributed by atoms with Crippen LogP contribution in [-0.2, 0) is 0 Å². The molecule has 0 aliphatic heterocycles. The van der Waals surface area contributed by atoms with Crippen LogP contribution < -0.4 is 10.1 Å². The van der Waals surface area contributed by atoms with E-state index >= 15 is 0 Å². The molecule has 0 spiro atoms. The van der Waals surface area contributed by atoms with Crippen LogP contribution >= 0.6 is 0 Å². The van der Waals surface area contributed by atoms with Crippen molar-refractivity contribution in [2.75, 3.05) is 0 Å². The largest absolute Gasteiger partial charge is 0.491 e. The van der Waals surface area contributed by atoms with Crippen LogP contribution in [0.2, 0.25) is 0 Å². The van der Waals surface area contributed by atoms with E-state index in [0.29, 0.717) is 11.4 Å². The summed E-state index contributed by atoms with van der Waals surface area (Å²) in [5, 5.41) is 2.97. The predicted octanol–water partition coefficient (Wildman–Crippen LogP) is 4.42. The van der Waals surface area contributed by atoms with Crippen molar-refractivity contribution in [2.45, 2.75) is 32.9 Å². The van der Waals surface area contributed by atoms with Gasteiger partial charge in [0.15, 0.2) is 5.82 Å². The summed E-state index contributed by atoms with van der Waals surface area (Å²) in [6.07, 6.45) is 3.24. The molecule has 1 N–H and O–H groups in total. The second-order valence-corrected chi connectivity index (χ2v) is 6.59. The first-order valence-corrected chi connectivity index (χ1v) is 8.98. The summed E-state index contributed by atoms with van der Waals surface area (Å²) in [7, 11) is 0. The minimum Gasteiger partial charge on any atom is -0.491 e. The van der Waals surface area contributed by atoms with Gasteiger partial charge in [0.25, 0.3) is 5.91 Å². The third-order valence-corrected chi connectivity index (χ3v) is 4.05. The Morgan fingerprint density at radius 2 is 1.56 bits per heavy atom. The van der Waals surface area contributed by atoms with Gasteiger partial charge in [-0.15, -0.1) is 0 Å². The molecule has 1 unspecified atom stereocenters. The Morgan fingerprint density at radius 3 is 2.15 bits per heavy atom. The molecule has 0 saturated heterocycles. The second-order valence-electron chi connectivity index (χ2n) is 6.59. The van der Waals surface area contributed by atoms with Gasteiger partial charge < -0.3 is 10.1 Å². The van der Waals surface area contributed by atoms with Crippen LogP contribution in [0.3, 0.4) is 0 Å². The lowest BCUT2D eigenvalue weighted by Gasteiger charge is -2.15. The molecule has 0 fully saturated rings. The van der Waals surface area contributed by atoms with Gasteiger partial charge in [-0.05, 0) is 38.5 Å². The number of hydrogen-bond donors (Lipinski definition) is 1. The van der Waals surface area contributed by atoms with Crippen LogP contribution in [-0.4, -0.2) is 22.0 Å². The second kappa shape index (κ2) is 8.45. The number of benzene rings is 2. The zero-order valence-electron chi connectivity index (χ0n) is 15.7. The van der Waals surface area contributed by atoms with Gasteiger partial charge in [-0.1, -0.05) is 42.5 Å². The Bertz CT molecular complexity index is 876. The van der Waals surface area contributed by atoms with E-state index in [4.69, 9.17) is 4.74 Å². The zero-order valence-corrected chi connectivity index (χ0v) is 15.7. The molecule has 1 heterocycles. The third-order valence-electron chi connectivity index (χ3n) is 4.05. The fourth-order valence-corrected chi connectivity index (χ4v) is 2.65. The molecule has 27 heavy (non-hydrogen) atoms. The van der Waals surface area contributed by atoms with Gasteiger partial charge in [0, 0.05) is 18.0 Å². The van der Waals surface area contributed by atoms with Crippen LogP contribution in [0, 0.1) is 0 Å². The maximum atomic E-state index is 12.5. The van der Waals surface area contributed by atoms with E-state index < -0.39 is 0 Å². The third kappa shape index (κ3) is 4.91. The molecule has 0 bridgehead atoms. The highest BCUT2D eigenvalue weighted by molar-refractivity contribution is 5.94.